The zero-order valence-electron chi connectivity index (χ0n) is 34.3. The van der Waals surface area contributed by atoms with Crippen molar-refractivity contribution in [1.29, 1.82) is 0 Å². The maximum atomic E-state index is 12.0. The van der Waals surface area contributed by atoms with Gasteiger partial charge in [-0.05, 0) is 82.1 Å². The summed E-state index contributed by atoms with van der Waals surface area (Å²) >= 11 is 0. The summed E-state index contributed by atoms with van der Waals surface area (Å²) in [6, 6.07) is 16.3. The fourth-order valence-corrected chi connectivity index (χ4v) is 6.56. The lowest BCUT2D eigenvalue weighted by atomic mass is 10.1. The number of methoxy groups -OCH3 is 1. The lowest BCUT2D eigenvalue weighted by molar-refractivity contribution is 0.0240. The van der Waals surface area contributed by atoms with Crippen molar-refractivity contribution in [2.75, 3.05) is 80.3 Å². The number of carbonyl (C=O) groups excluding carboxylic acids is 1. The third-order valence-electron chi connectivity index (χ3n) is 9.40. The van der Waals surface area contributed by atoms with E-state index in [4.69, 9.17) is 15.2 Å². The van der Waals surface area contributed by atoms with E-state index < -0.39 is 5.60 Å². The first-order valence-electron chi connectivity index (χ1n) is 19.5. The van der Waals surface area contributed by atoms with Crippen LogP contribution in [0.4, 0.5) is 27.8 Å². The first-order chi connectivity index (χ1) is 28.0. The van der Waals surface area contributed by atoms with Crippen molar-refractivity contribution in [3.8, 4) is 5.88 Å². The Labute approximate surface area is 340 Å². The smallest absolute Gasteiger partial charge is 0.410 e. The molecule has 2 aliphatic rings. The van der Waals surface area contributed by atoms with Crippen LogP contribution in [0.1, 0.15) is 37.6 Å². The van der Waals surface area contributed by atoms with Gasteiger partial charge in [-0.2, -0.15) is 0 Å². The Morgan fingerprint density at radius 3 is 1.97 bits per heavy atom. The van der Waals surface area contributed by atoms with Crippen molar-refractivity contribution in [3.05, 3.63) is 103 Å². The molecule has 2 fully saturated rings. The summed E-state index contributed by atoms with van der Waals surface area (Å²) in [5.74, 6) is 2.23. The number of hydrogen-bond donors (Lipinski definition) is 3. The van der Waals surface area contributed by atoms with Crippen LogP contribution in [0.15, 0.2) is 85.7 Å². The van der Waals surface area contributed by atoms with Gasteiger partial charge in [-0.1, -0.05) is 12.1 Å². The van der Waals surface area contributed by atoms with E-state index >= 15 is 0 Å². The average Bonchev–Trinajstić information content (AvgIpc) is 3.23. The highest BCUT2D eigenvalue weighted by Crippen LogP contribution is 2.24. The summed E-state index contributed by atoms with van der Waals surface area (Å²) in [6.07, 6.45) is 10.3. The van der Waals surface area contributed by atoms with Gasteiger partial charge in [0.1, 0.15) is 17.2 Å². The fraction of sp³-hybridized carbons (Fsp3) is 0.372. The number of nitrogen functional groups attached to an aromatic ring is 1. The van der Waals surface area contributed by atoms with E-state index in [0.717, 1.165) is 76.7 Å². The van der Waals surface area contributed by atoms with Crippen LogP contribution >= 0.6 is 0 Å². The van der Waals surface area contributed by atoms with E-state index in [1.807, 2.05) is 70.6 Å². The Morgan fingerprint density at radius 1 is 0.759 bits per heavy atom. The SMILES string of the molecule is COc1cnc(N2CCN(C(=O)OC(C)(C)C)CC2)cn1.Cc1cc(N)c2ncccc2c1.Cc1cc(NCc2cnc(N3CCNCC3)cn2)c2ncccc2c1. The number of aromatic nitrogens is 6. The van der Waals surface area contributed by atoms with Crippen LogP contribution in [0.3, 0.4) is 0 Å². The first-order valence-corrected chi connectivity index (χ1v) is 19.5. The zero-order valence-corrected chi connectivity index (χ0v) is 34.3. The Balaban J connectivity index is 0.000000155. The monoisotopic (exact) mass is 786 g/mol. The molecule has 304 valence electrons. The van der Waals surface area contributed by atoms with Gasteiger partial charge in [-0.15, -0.1) is 0 Å². The molecule has 0 unspecified atom stereocenters. The number of anilines is 4. The maximum absolute atomic E-state index is 12.0. The Bertz CT molecular complexity index is 2250. The van der Waals surface area contributed by atoms with E-state index in [-0.39, 0.29) is 6.09 Å². The third kappa shape index (κ3) is 11.4. The van der Waals surface area contributed by atoms with Crippen LogP contribution in [0.2, 0.25) is 0 Å². The quantitative estimate of drug-likeness (QED) is 0.167. The van der Waals surface area contributed by atoms with Crippen LogP contribution in [-0.4, -0.2) is 106 Å². The predicted octanol–water partition coefficient (Wildman–Crippen LogP) is 6.02. The van der Waals surface area contributed by atoms with Crippen LogP contribution in [0.5, 0.6) is 5.88 Å². The van der Waals surface area contributed by atoms with Crippen LogP contribution in [0, 0.1) is 13.8 Å². The van der Waals surface area contributed by atoms with Gasteiger partial charge >= 0.3 is 6.09 Å². The van der Waals surface area contributed by atoms with Gasteiger partial charge in [0.15, 0.2) is 0 Å². The molecule has 0 radical (unpaired) electrons. The zero-order chi connectivity index (χ0) is 41.1. The highest BCUT2D eigenvalue weighted by molar-refractivity contribution is 5.91. The Hall–Kier alpha value is -6.35. The van der Waals surface area contributed by atoms with Crippen molar-refractivity contribution in [1.82, 2.24) is 40.1 Å². The van der Waals surface area contributed by atoms with Gasteiger partial charge in [0, 0.05) is 75.5 Å². The van der Waals surface area contributed by atoms with Gasteiger partial charge in [0.25, 0.3) is 0 Å². The Morgan fingerprint density at radius 2 is 1.36 bits per heavy atom. The molecule has 4 aromatic heterocycles. The average molecular weight is 787 g/mol. The minimum absolute atomic E-state index is 0.261. The summed E-state index contributed by atoms with van der Waals surface area (Å²) in [5.41, 5.74) is 12.3. The number of fused-ring (bicyclic) bond motifs is 2. The normalized spacial score (nSPS) is 14.2. The molecule has 2 aliphatic heterocycles. The number of hydrogen-bond acceptors (Lipinski definition) is 14. The van der Waals surface area contributed by atoms with E-state index in [9.17, 15) is 4.79 Å². The molecule has 6 aromatic rings. The number of piperazine rings is 2. The van der Waals surface area contributed by atoms with Gasteiger partial charge in [0.2, 0.25) is 5.88 Å². The number of amides is 1. The number of nitrogens with one attached hydrogen (secondary N) is 2. The van der Waals surface area contributed by atoms with Crippen molar-refractivity contribution < 1.29 is 14.3 Å². The molecule has 2 saturated heterocycles. The molecule has 2 aromatic carbocycles. The van der Waals surface area contributed by atoms with Crippen LogP contribution in [-0.2, 0) is 11.3 Å². The van der Waals surface area contributed by atoms with E-state index in [2.05, 4.69) is 81.5 Å². The summed E-state index contributed by atoms with van der Waals surface area (Å²) in [7, 11) is 1.56. The molecular weight excluding hydrogens is 733 g/mol. The number of rotatable bonds is 6. The minimum atomic E-state index is -0.463. The van der Waals surface area contributed by atoms with E-state index in [0.29, 0.717) is 38.6 Å². The number of ether oxygens (including phenoxy) is 2. The van der Waals surface area contributed by atoms with E-state index in [1.54, 1.807) is 30.6 Å². The van der Waals surface area contributed by atoms with Gasteiger partial charge < -0.3 is 40.5 Å². The number of aryl methyl sites for hydroxylation is 2. The molecule has 15 heteroatoms. The molecule has 0 atom stereocenters. The molecule has 6 heterocycles. The van der Waals surface area contributed by atoms with Crippen molar-refractivity contribution in [2.45, 2.75) is 46.8 Å². The second-order valence-electron chi connectivity index (χ2n) is 15.1. The van der Waals surface area contributed by atoms with Gasteiger partial charge in [-0.3, -0.25) is 15.0 Å². The lowest BCUT2D eigenvalue weighted by Crippen LogP contribution is -2.50. The molecule has 8 rings (SSSR count). The molecule has 0 saturated carbocycles. The van der Waals surface area contributed by atoms with Crippen molar-refractivity contribution in [2.24, 2.45) is 0 Å². The third-order valence-corrected chi connectivity index (χ3v) is 9.40. The standard InChI is InChI=1S/C19H22N6.C14H22N4O3.C10H10N2/c1-14-9-15-3-2-4-21-19(15)17(10-14)23-11-16-12-24-18(13-22-16)25-7-5-20-6-8-25;1-14(2,3)21-13(19)18-7-5-17(6-8-18)11-9-16-12(20-4)10-15-11;1-7-5-8-3-2-4-12-10(8)9(11)6-7/h2-4,9-10,12-13,20,23H,5-8,11H2,1H3;9-10H,5-8H2,1-4H3;2-6H,11H2,1H3. The molecule has 58 heavy (non-hydrogen) atoms. The fourth-order valence-electron chi connectivity index (χ4n) is 6.56. The number of nitrogens with two attached hydrogens (primary N) is 1. The van der Waals surface area contributed by atoms with Crippen LogP contribution < -0.4 is 30.9 Å². The second kappa shape index (κ2) is 19.2. The molecule has 0 spiro atoms. The molecule has 0 aliphatic carbocycles. The molecular formula is C43H54N12O3. The number of carbonyl (C=O) groups is 1. The summed E-state index contributed by atoms with van der Waals surface area (Å²) in [4.78, 5) is 44.3. The second-order valence-corrected chi connectivity index (χ2v) is 15.1. The first kappa shape index (κ1) is 41.3. The number of benzene rings is 2. The summed E-state index contributed by atoms with van der Waals surface area (Å²) in [6.45, 7) is 17.0. The minimum Gasteiger partial charge on any atom is -0.480 e. The van der Waals surface area contributed by atoms with Gasteiger partial charge in [0.05, 0.1) is 66.5 Å². The summed E-state index contributed by atoms with van der Waals surface area (Å²) < 4.78 is 10.4. The van der Waals surface area contributed by atoms with Crippen molar-refractivity contribution in [3.63, 3.8) is 0 Å². The molecule has 0 bridgehead atoms. The molecule has 4 N–H and O–H groups in total. The Kier molecular flexibility index (Phi) is 13.7. The van der Waals surface area contributed by atoms with Gasteiger partial charge in [-0.25, -0.2) is 19.7 Å². The highest BCUT2D eigenvalue weighted by atomic mass is 16.6. The lowest BCUT2D eigenvalue weighted by Gasteiger charge is -2.35. The summed E-state index contributed by atoms with van der Waals surface area (Å²) in [5, 5.41) is 9.05. The molecule has 15 nitrogen and oxygen atoms in total. The van der Waals surface area contributed by atoms with Crippen molar-refractivity contribution >= 4 is 50.9 Å². The highest BCUT2D eigenvalue weighted by Gasteiger charge is 2.26. The van der Waals surface area contributed by atoms with Crippen LogP contribution in [0.25, 0.3) is 21.8 Å². The number of pyridine rings is 2. The van der Waals surface area contributed by atoms with E-state index in [1.165, 1.54) is 11.1 Å². The molecule has 1 amide bonds. The maximum Gasteiger partial charge on any atom is 0.410 e. The number of nitrogens with zero attached hydrogens (tertiary/aromatic N) is 9. The largest absolute Gasteiger partial charge is 0.480 e. The predicted molar refractivity (Wildman–Crippen MR) is 230 cm³/mol. The topological polar surface area (TPSA) is 173 Å².